The second kappa shape index (κ2) is 6.07. The third kappa shape index (κ3) is 2.72. The molecule has 3 heteroatoms. The maximum atomic E-state index is 12.4. The third-order valence-corrected chi connectivity index (χ3v) is 5.19. The zero-order chi connectivity index (χ0) is 16.6. The Morgan fingerprint density at radius 1 is 1.35 bits per heavy atom. The van der Waals surface area contributed by atoms with Crippen molar-refractivity contribution in [1.29, 1.82) is 0 Å². The van der Waals surface area contributed by atoms with Crippen LogP contribution in [0.2, 0.25) is 0 Å². The lowest BCUT2D eigenvalue weighted by Gasteiger charge is -2.28. The van der Waals surface area contributed by atoms with Crippen LogP contribution in [0.5, 0.6) is 11.5 Å². The summed E-state index contributed by atoms with van der Waals surface area (Å²) in [6.07, 6.45) is 7.21. The fraction of sp³-hybridized carbons (Fsp3) is 0.350. The van der Waals surface area contributed by atoms with Crippen molar-refractivity contribution in [2.24, 2.45) is 23.7 Å². The molecular weight excluding hydrogens is 288 g/mol. The largest absolute Gasteiger partial charge is 0.504 e. The van der Waals surface area contributed by atoms with E-state index >= 15 is 0 Å². The highest BCUT2D eigenvalue weighted by Gasteiger charge is 2.46. The molecule has 3 nitrogen and oxygen atoms in total. The molecule has 0 aromatic heterocycles. The van der Waals surface area contributed by atoms with Crippen molar-refractivity contribution >= 4 is 5.78 Å². The minimum absolute atomic E-state index is 0.0182. The number of allylic oxidation sites excluding steroid dienone is 4. The monoisotopic (exact) mass is 310 g/mol. The van der Waals surface area contributed by atoms with Gasteiger partial charge >= 0.3 is 0 Å². The smallest absolute Gasteiger partial charge is 0.160 e. The Hall–Kier alpha value is -2.29. The Bertz CT molecular complexity index is 686. The van der Waals surface area contributed by atoms with E-state index in [9.17, 15) is 9.90 Å². The van der Waals surface area contributed by atoms with E-state index in [0.29, 0.717) is 11.7 Å². The molecule has 1 fully saturated rings. The number of fused-ring (bicyclic) bond motifs is 1. The molecule has 0 saturated heterocycles. The third-order valence-electron chi connectivity index (χ3n) is 5.19. The molecule has 1 saturated carbocycles. The zero-order valence-electron chi connectivity index (χ0n) is 13.4. The molecule has 3 rings (SSSR count). The molecule has 1 N–H and O–H groups in total. The number of carbonyl (C=O) groups is 1. The summed E-state index contributed by atoms with van der Waals surface area (Å²) in [4.78, 5) is 12.4. The van der Waals surface area contributed by atoms with Gasteiger partial charge in [-0.15, -0.1) is 6.58 Å². The highest BCUT2D eigenvalue weighted by atomic mass is 16.5. The van der Waals surface area contributed by atoms with Crippen molar-refractivity contribution in [1.82, 2.24) is 0 Å². The lowest BCUT2D eigenvalue weighted by Crippen LogP contribution is -2.29. The van der Waals surface area contributed by atoms with E-state index < -0.39 is 0 Å². The van der Waals surface area contributed by atoms with Crippen molar-refractivity contribution in [2.75, 3.05) is 7.11 Å². The number of ketones is 1. The van der Waals surface area contributed by atoms with Gasteiger partial charge in [0.2, 0.25) is 0 Å². The van der Waals surface area contributed by atoms with Crippen LogP contribution < -0.4 is 4.74 Å². The predicted molar refractivity (Wildman–Crippen MR) is 90.4 cm³/mol. The number of phenols is 1. The molecule has 0 spiro atoms. The first-order valence-electron chi connectivity index (χ1n) is 7.94. The highest BCUT2D eigenvalue weighted by molar-refractivity contribution is 5.94. The van der Waals surface area contributed by atoms with Crippen molar-refractivity contribution in [3.8, 4) is 11.5 Å². The predicted octanol–water partition coefficient (Wildman–Crippen LogP) is 3.69. The van der Waals surface area contributed by atoms with Gasteiger partial charge in [0.25, 0.3) is 0 Å². The molecule has 0 heterocycles. The van der Waals surface area contributed by atoms with E-state index in [1.54, 1.807) is 12.1 Å². The van der Waals surface area contributed by atoms with Crippen LogP contribution in [0.1, 0.15) is 12.0 Å². The highest BCUT2D eigenvalue weighted by Crippen LogP contribution is 2.49. The second-order valence-corrected chi connectivity index (χ2v) is 6.47. The number of rotatable bonds is 4. The van der Waals surface area contributed by atoms with Gasteiger partial charge < -0.3 is 9.84 Å². The zero-order valence-corrected chi connectivity index (χ0v) is 13.4. The van der Waals surface area contributed by atoms with Gasteiger partial charge in [0.05, 0.1) is 7.11 Å². The first kappa shape index (κ1) is 15.6. The van der Waals surface area contributed by atoms with Crippen LogP contribution in [0.4, 0.5) is 0 Å². The van der Waals surface area contributed by atoms with Crippen LogP contribution in [-0.2, 0) is 11.2 Å². The lowest BCUT2D eigenvalue weighted by atomic mass is 9.75. The Morgan fingerprint density at radius 3 is 2.83 bits per heavy atom. The average molecular weight is 310 g/mol. The van der Waals surface area contributed by atoms with Crippen LogP contribution in [-0.4, -0.2) is 18.0 Å². The standard InChI is InChI=1S/C20H22O3/c1-4-14-11-15(20-17(22)7-5-12(2)19(14)20)9-13-6-8-16(21)18(10-13)23-3/h4-8,10,14-15,19-21H,1-2,9,11H2,3H3. The molecule has 4 atom stereocenters. The Morgan fingerprint density at radius 2 is 2.13 bits per heavy atom. The summed E-state index contributed by atoms with van der Waals surface area (Å²) in [6.45, 7) is 8.07. The number of hydrogen-bond donors (Lipinski definition) is 1. The molecule has 1 aromatic carbocycles. The van der Waals surface area contributed by atoms with Gasteiger partial charge in [-0.05, 0) is 54.4 Å². The van der Waals surface area contributed by atoms with Gasteiger partial charge in [0, 0.05) is 5.92 Å². The molecular formula is C20H22O3. The van der Waals surface area contributed by atoms with Crippen molar-refractivity contribution < 1.29 is 14.6 Å². The second-order valence-electron chi connectivity index (χ2n) is 6.47. The normalized spacial score (nSPS) is 29.4. The Balaban J connectivity index is 1.88. The fourth-order valence-corrected chi connectivity index (χ4v) is 4.13. The summed E-state index contributed by atoms with van der Waals surface area (Å²) in [5, 5.41) is 9.73. The van der Waals surface area contributed by atoms with Crippen LogP contribution in [0.15, 0.2) is 55.2 Å². The van der Waals surface area contributed by atoms with Gasteiger partial charge in [-0.1, -0.05) is 30.4 Å². The van der Waals surface area contributed by atoms with Crippen LogP contribution in [0.3, 0.4) is 0 Å². The number of methoxy groups -OCH3 is 1. The number of ether oxygens (including phenoxy) is 1. The summed E-state index contributed by atoms with van der Waals surface area (Å²) in [5.41, 5.74) is 2.10. The molecule has 2 aliphatic carbocycles. The first-order chi connectivity index (χ1) is 11.0. The number of benzene rings is 1. The molecule has 0 aliphatic heterocycles. The minimum atomic E-state index is -0.0182. The van der Waals surface area contributed by atoms with Crippen LogP contribution in [0, 0.1) is 23.7 Å². The molecule has 0 bridgehead atoms. The van der Waals surface area contributed by atoms with Crippen molar-refractivity contribution in [3.63, 3.8) is 0 Å². The van der Waals surface area contributed by atoms with E-state index in [2.05, 4.69) is 13.2 Å². The quantitative estimate of drug-likeness (QED) is 0.863. The maximum absolute atomic E-state index is 12.4. The minimum Gasteiger partial charge on any atom is -0.504 e. The van der Waals surface area contributed by atoms with Gasteiger partial charge in [0.1, 0.15) is 0 Å². The van der Waals surface area contributed by atoms with Crippen molar-refractivity contribution in [3.05, 3.63) is 60.7 Å². The van der Waals surface area contributed by atoms with E-state index in [1.165, 1.54) is 7.11 Å². The molecule has 120 valence electrons. The number of phenolic OH excluding ortho intramolecular Hbond substituents is 1. The van der Waals surface area contributed by atoms with Crippen molar-refractivity contribution in [2.45, 2.75) is 12.8 Å². The molecule has 23 heavy (non-hydrogen) atoms. The summed E-state index contributed by atoms with van der Waals surface area (Å²) in [5.74, 6) is 1.51. The van der Waals surface area contributed by atoms with Crippen LogP contribution >= 0.6 is 0 Å². The summed E-state index contributed by atoms with van der Waals surface area (Å²) < 4.78 is 5.18. The number of carbonyl (C=O) groups excluding carboxylic acids is 1. The summed E-state index contributed by atoms with van der Waals surface area (Å²) in [7, 11) is 1.54. The molecule has 0 radical (unpaired) electrons. The molecule has 0 amide bonds. The molecule has 4 unspecified atom stereocenters. The van der Waals surface area contributed by atoms with Gasteiger partial charge in [0.15, 0.2) is 17.3 Å². The topological polar surface area (TPSA) is 46.5 Å². The summed E-state index contributed by atoms with van der Waals surface area (Å²) in [6, 6.07) is 5.39. The first-order valence-corrected chi connectivity index (χ1v) is 7.94. The maximum Gasteiger partial charge on any atom is 0.160 e. The average Bonchev–Trinajstić information content (AvgIpc) is 2.92. The van der Waals surface area contributed by atoms with Gasteiger partial charge in [-0.3, -0.25) is 4.79 Å². The molecule has 2 aliphatic rings. The number of aromatic hydroxyl groups is 1. The SMILES string of the molecule is C=CC1CC(Cc2ccc(O)c(OC)c2)C2C(=O)C=CC(=C)C12. The summed E-state index contributed by atoms with van der Waals surface area (Å²) >= 11 is 0. The Kier molecular flexibility index (Phi) is 4.12. The van der Waals surface area contributed by atoms with E-state index in [-0.39, 0.29) is 29.3 Å². The molecule has 1 aromatic rings. The number of hydrogen-bond acceptors (Lipinski definition) is 3. The van der Waals surface area contributed by atoms with Crippen LogP contribution in [0.25, 0.3) is 0 Å². The van der Waals surface area contributed by atoms with E-state index in [4.69, 9.17) is 4.74 Å². The fourth-order valence-electron chi connectivity index (χ4n) is 4.13. The van der Waals surface area contributed by atoms with E-state index in [0.717, 1.165) is 24.0 Å². The lowest BCUT2D eigenvalue weighted by molar-refractivity contribution is -0.120. The van der Waals surface area contributed by atoms with Gasteiger partial charge in [-0.2, -0.15) is 0 Å². The Labute approximate surface area is 137 Å². The van der Waals surface area contributed by atoms with E-state index in [1.807, 2.05) is 24.3 Å². The van der Waals surface area contributed by atoms with Gasteiger partial charge in [-0.25, -0.2) is 0 Å².